The van der Waals surface area contributed by atoms with Gasteiger partial charge in [0.05, 0.1) is 10.6 Å². The minimum atomic E-state index is -3.20. The van der Waals surface area contributed by atoms with E-state index in [0.29, 0.717) is 4.90 Å². The summed E-state index contributed by atoms with van der Waals surface area (Å²) in [6, 6.07) is 8.77. The Bertz CT molecular complexity index is 568. The van der Waals surface area contributed by atoms with E-state index < -0.39 is 9.84 Å². The van der Waals surface area contributed by atoms with Gasteiger partial charge in [0.25, 0.3) is 0 Å². The van der Waals surface area contributed by atoms with E-state index in [4.69, 9.17) is 0 Å². The lowest BCUT2D eigenvalue weighted by molar-refractivity contribution is 0.233. The molecule has 0 heterocycles. The van der Waals surface area contributed by atoms with Crippen molar-refractivity contribution in [1.82, 2.24) is 0 Å². The Kier molecular flexibility index (Phi) is 3.86. The number of hydrogen-bond acceptors (Lipinski definition) is 2. The van der Waals surface area contributed by atoms with Crippen molar-refractivity contribution in [3.63, 3.8) is 0 Å². The first kappa shape index (κ1) is 14.3. The van der Waals surface area contributed by atoms with Gasteiger partial charge in [-0.25, -0.2) is 8.42 Å². The Morgan fingerprint density at radius 2 is 1.84 bits per heavy atom. The molecule has 0 saturated heterocycles. The molecule has 1 unspecified atom stereocenters. The molecule has 0 fully saturated rings. The number of benzene rings is 1. The van der Waals surface area contributed by atoms with E-state index in [1.54, 1.807) is 24.3 Å². The fourth-order valence-corrected chi connectivity index (χ4v) is 4.82. The summed E-state index contributed by atoms with van der Waals surface area (Å²) in [7, 11) is -3.20. The Balaban J connectivity index is 2.30. The fourth-order valence-electron chi connectivity index (χ4n) is 2.91. The quantitative estimate of drug-likeness (QED) is 0.787. The summed E-state index contributed by atoms with van der Waals surface area (Å²) in [5.74, 6) is 0.332. The van der Waals surface area contributed by atoms with Crippen LogP contribution in [-0.2, 0) is 9.84 Å². The van der Waals surface area contributed by atoms with Crippen LogP contribution < -0.4 is 0 Å². The molecule has 0 radical (unpaired) electrons. The SMILES string of the molecule is CC1=CCCC(C)(C)C1CS(=O)(=O)c1ccccc1. The highest BCUT2D eigenvalue weighted by atomic mass is 32.2. The molecule has 3 heteroatoms. The van der Waals surface area contributed by atoms with E-state index in [0.717, 1.165) is 12.8 Å². The number of hydrogen-bond donors (Lipinski definition) is 0. The summed E-state index contributed by atoms with van der Waals surface area (Å²) in [5, 5.41) is 0. The van der Waals surface area contributed by atoms with Gasteiger partial charge >= 0.3 is 0 Å². The normalized spacial score (nSPS) is 22.9. The Hall–Kier alpha value is -1.09. The molecule has 1 aromatic carbocycles. The van der Waals surface area contributed by atoms with Gasteiger partial charge in [-0.15, -0.1) is 0 Å². The molecule has 0 bridgehead atoms. The van der Waals surface area contributed by atoms with Gasteiger partial charge in [-0.1, -0.05) is 43.7 Å². The van der Waals surface area contributed by atoms with Crippen molar-refractivity contribution in [3.8, 4) is 0 Å². The zero-order chi connectivity index (χ0) is 14.1. The van der Waals surface area contributed by atoms with Crippen LogP contribution in [0.15, 0.2) is 46.9 Å². The van der Waals surface area contributed by atoms with Gasteiger partial charge in [0, 0.05) is 0 Å². The highest BCUT2D eigenvalue weighted by molar-refractivity contribution is 7.91. The Labute approximate surface area is 116 Å². The lowest BCUT2D eigenvalue weighted by Crippen LogP contribution is -2.33. The number of sulfone groups is 1. The first-order chi connectivity index (χ1) is 8.83. The zero-order valence-corrected chi connectivity index (χ0v) is 12.7. The second kappa shape index (κ2) is 5.12. The van der Waals surface area contributed by atoms with Gasteiger partial charge in [0.1, 0.15) is 0 Å². The van der Waals surface area contributed by atoms with E-state index in [2.05, 4.69) is 26.8 Å². The molecule has 2 nitrogen and oxygen atoms in total. The molecule has 2 rings (SSSR count). The second-order valence-electron chi connectivity index (χ2n) is 6.12. The van der Waals surface area contributed by atoms with E-state index in [-0.39, 0.29) is 17.1 Å². The van der Waals surface area contributed by atoms with Crippen molar-refractivity contribution >= 4 is 9.84 Å². The molecular weight excluding hydrogens is 256 g/mol. The largest absolute Gasteiger partial charge is 0.224 e. The van der Waals surface area contributed by atoms with E-state index in [1.807, 2.05) is 6.07 Å². The minimum Gasteiger partial charge on any atom is -0.224 e. The third-order valence-corrected chi connectivity index (χ3v) is 6.00. The summed E-state index contributed by atoms with van der Waals surface area (Å²) in [4.78, 5) is 0.434. The van der Waals surface area contributed by atoms with Gasteiger partial charge in [-0.05, 0) is 43.2 Å². The standard InChI is InChI=1S/C16H22O2S/c1-13-8-7-11-16(2,3)15(13)12-19(17,18)14-9-5-4-6-10-14/h4-6,8-10,15H,7,11-12H2,1-3H3. The molecule has 1 aromatic rings. The minimum absolute atomic E-state index is 0.0562. The second-order valence-corrected chi connectivity index (χ2v) is 8.16. The van der Waals surface area contributed by atoms with Crippen molar-refractivity contribution in [2.45, 2.75) is 38.5 Å². The third kappa shape index (κ3) is 3.08. The lowest BCUT2D eigenvalue weighted by Gasteiger charge is -2.38. The highest BCUT2D eigenvalue weighted by Gasteiger charge is 2.36. The lowest BCUT2D eigenvalue weighted by atomic mass is 9.70. The van der Waals surface area contributed by atoms with Gasteiger partial charge in [-0.2, -0.15) is 0 Å². The maximum Gasteiger partial charge on any atom is 0.178 e. The van der Waals surface area contributed by atoms with Crippen LogP contribution in [0.25, 0.3) is 0 Å². The van der Waals surface area contributed by atoms with Crippen LogP contribution >= 0.6 is 0 Å². The highest BCUT2D eigenvalue weighted by Crippen LogP contribution is 2.42. The van der Waals surface area contributed by atoms with E-state index in [1.165, 1.54) is 5.57 Å². The summed E-state index contributed by atoms with van der Waals surface area (Å²) < 4.78 is 25.0. The van der Waals surface area contributed by atoms with Crippen LogP contribution in [-0.4, -0.2) is 14.2 Å². The summed E-state index contributed by atoms with van der Waals surface area (Å²) in [5.41, 5.74) is 1.27. The predicted octanol–water partition coefficient (Wildman–Crippen LogP) is 3.84. The topological polar surface area (TPSA) is 34.1 Å². The molecule has 0 N–H and O–H groups in total. The molecule has 0 aliphatic heterocycles. The Morgan fingerprint density at radius 1 is 1.21 bits per heavy atom. The molecule has 0 aromatic heterocycles. The van der Waals surface area contributed by atoms with Gasteiger partial charge in [0.15, 0.2) is 9.84 Å². The van der Waals surface area contributed by atoms with Crippen molar-refractivity contribution in [2.75, 3.05) is 5.75 Å². The summed E-state index contributed by atoms with van der Waals surface area (Å²) >= 11 is 0. The zero-order valence-electron chi connectivity index (χ0n) is 11.9. The van der Waals surface area contributed by atoms with Crippen LogP contribution in [0.3, 0.4) is 0 Å². The van der Waals surface area contributed by atoms with Crippen LogP contribution in [0.4, 0.5) is 0 Å². The molecule has 1 aliphatic rings. The molecule has 0 spiro atoms. The van der Waals surface area contributed by atoms with Crippen LogP contribution in [0, 0.1) is 11.3 Å². The van der Waals surface area contributed by atoms with Crippen molar-refractivity contribution in [1.29, 1.82) is 0 Å². The first-order valence-corrected chi connectivity index (χ1v) is 8.43. The molecule has 104 valence electrons. The third-order valence-electron chi connectivity index (χ3n) is 4.24. The van der Waals surface area contributed by atoms with Crippen molar-refractivity contribution in [2.24, 2.45) is 11.3 Å². The smallest absolute Gasteiger partial charge is 0.178 e. The molecule has 0 saturated carbocycles. The maximum absolute atomic E-state index is 12.5. The van der Waals surface area contributed by atoms with Crippen LogP contribution in [0.2, 0.25) is 0 Å². The Morgan fingerprint density at radius 3 is 2.42 bits per heavy atom. The first-order valence-electron chi connectivity index (χ1n) is 6.77. The van der Waals surface area contributed by atoms with Gasteiger partial charge in [-0.3, -0.25) is 0 Å². The van der Waals surface area contributed by atoms with Crippen molar-refractivity contribution in [3.05, 3.63) is 42.0 Å². The van der Waals surface area contributed by atoms with Crippen LogP contribution in [0.5, 0.6) is 0 Å². The predicted molar refractivity (Wildman–Crippen MR) is 78.8 cm³/mol. The summed E-state index contributed by atoms with van der Waals surface area (Å²) in [6.07, 6.45) is 4.30. The van der Waals surface area contributed by atoms with E-state index in [9.17, 15) is 8.42 Å². The molecule has 19 heavy (non-hydrogen) atoms. The average molecular weight is 278 g/mol. The number of allylic oxidation sites excluding steroid dienone is 2. The van der Waals surface area contributed by atoms with Gasteiger partial charge < -0.3 is 0 Å². The maximum atomic E-state index is 12.5. The van der Waals surface area contributed by atoms with Gasteiger partial charge in [0.2, 0.25) is 0 Å². The van der Waals surface area contributed by atoms with Crippen molar-refractivity contribution < 1.29 is 8.42 Å². The molecule has 1 aliphatic carbocycles. The van der Waals surface area contributed by atoms with E-state index >= 15 is 0 Å². The molecular formula is C16H22O2S. The monoisotopic (exact) mass is 278 g/mol. The molecule has 1 atom stereocenters. The average Bonchev–Trinajstić information content (AvgIpc) is 2.35. The number of rotatable bonds is 3. The molecule has 0 amide bonds. The van der Waals surface area contributed by atoms with Crippen LogP contribution in [0.1, 0.15) is 33.6 Å². The fraction of sp³-hybridized carbons (Fsp3) is 0.500. The summed E-state index contributed by atoms with van der Waals surface area (Å²) in [6.45, 7) is 6.41.